The molecule has 2 aromatic carbocycles. The molecule has 0 fully saturated rings. The van der Waals surface area contributed by atoms with E-state index in [2.05, 4.69) is 5.32 Å². The molecule has 4 nitrogen and oxygen atoms in total. The maximum Gasteiger partial charge on any atom is 0.224 e. The quantitative estimate of drug-likeness (QED) is 0.930. The second-order valence-electron chi connectivity index (χ2n) is 5.09. The van der Waals surface area contributed by atoms with Crippen LogP contribution in [0.1, 0.15) is 12.8 Å². The number of carbonyl (C=O) groups excluding carboxylic acids is 1. The number of carbonyl (C=O) groups is 1. The van der Waals surface area contributed by atoms with Crippen LogP contribution in [0.5, 0.6) is 11.5 Å². The molecule has 0 aliphatic carbocycles. The summed E-state index contributed by atoms with van der Waals surface area (Å²) in [6, 6.07) is 14.6. The number of anilines is 1. The zero-order chi connectivity index (χ0) is 15.4. The van der Waals surface area contributed by atoms with E-state index in [1.54, 1.807) is 24.3 Å². The first-order valence-electron chi connectivity index (χ1n) is 7.14. The minimum Gasteiger partial charge on any atom is -0.486 e. The topological polar surface area (TPSA) is 47.6 Å². The Morgan fingerprint density at radius 2 is 1.86 bits per heavy atom. The van der Waals surface area contributed by atoms with Gasteiger partial charge in [0.05, 0.1) is 0 Å². The standard InChI is InChI=1S/C17H16ClNO3/c18-12-5-7-13(8-6-12)19-17(20)10-9-14-11-21-15-3-1-2-4-16(15)22-14/h1-8,14H,9-11H2,(H,19,20)/t14-/m1/s1. The van der Waals surface area contributed by atoms with E-state index in [0.717, 1.165) is 17.2 Å². The predicted molar refractivity (Wildman–Crippen MR) is 85.7 cm³/mol. The maximum atomic E-state index is 11.9. The number of rotatable bonds is 4. The van der Waals surface area contributed by atoms with Gasteiger partial charge in [-0.05, 0) is 42.8 Å². The Morgan fingerprint density at radius 3 is 2.64 bits per heavy atom. The lowest BCUT2D eigenvalue weighted by molar-refractivity contribution is -0.116. The summed E-state index contributed by atoms with van der Waals surface area (Å²) in [5, 5.41) is 3.48. The molecule has 3 rings (SSSR count). The van der Waals surface area contributed by atoms with Gasteiger partial charge in [-0.15, -0.1) is 0 Å². The minimum atomic E-state index is -0.106. The molecule has 0 radical (unpaired) electrons. The molecular weight excluding hydrogens is 302 g/mol. The number of ether oxygens (including phenoxy) is 2. The Labute approximate surface area is 134 Å². The van der Waals surface area contributed by atoms with Gasteiger partial charge in [-0.25, -0.2) is 0 Å². The highest BCUT2D eigenvalue weighted by Crippen LogP contribution is 2.31. The number of halogens is 1. The lowest BCUT2D eigenvalue weighted by Gasteiger charge is -2.26. The highest BCUT2D eigenvalue weighted by atomic mass is 35.5. The van der Waals surface area contributed by atoms with Crippen molar-refractivity contribution < 1.29 is 14.3 Å². The number of hydrogen-bond donors (Lipinski definition) is 1. The fraction of sp³-hybridized carbons (Fsp3) is 0.235. The van der Waals surface area contributed by atoms with Crippen molar-refractivity contribution >= 4 is 23.2 Å². The number of benzene rings is 2. The van der Waals surface area contributed by atoms with Crippen molar-refractivity contribution in [2.75, 3.05) is 11.9 Å². The first kappa shape index (κ1) is 14.7. The van der Waals surface area contributed by atoms with Gasteiger partial charge in [0.25, 0.3) is 0 Å². The summed E-state index contributed by atoms with van der Waals surface area (Å²) in [7, 11) is 0. The molecule has 1 amide bonds. The Hall–Kier alpha value is -2.20. The van der Waals surface area contributed by atoms with Crippen molar-refractivity contribution in [3.05, 3.63) is 53.6 Å². The first-order chi connectivity index (χ1) is 10.7. The monoisotopic (exact) mass is 317 g/mol. The Bertz CT molecular complexity index is 657. The molecule has 22 heavy (non-hydrogen) atoms. The predicted octanol–water partition coefficient (Wildman–Crippen LogP) is 3.90. The van der Waals surface area contributed by atoms with E-state index in [9.17, 15) is 4.79 Å². The lowest BCUT2D eigenvalue weighted by atomic mass is 10.1. The van der Waals surface area contributed by atoms with Crippen molar-refractivity contribution in [1.82, 2.24) is 0 Å². The van der Waals surface area contributed by atoms with Gasteiger partial charge in [-0.2, -0.15) is 0 Å². The number of hydrogen-bond acceptors (Lipinski definition) is 3. The molecule has 1 aliphatic heterocycles. The average molecular weight is 318 g/mol. The first-order valence-corrected chi connectivity index (χ1v) is 7.52. The SMILES string of the molecule is O=C(CC[C@@H]1COc2ccccc2O1)Nc1ccc(Cl)cc1. The van der Waals surface area contributed by atoms with Crippen molar-refractivity contribution in [3.63, 3.8) is 0 Å². The normalized spacial score (nSPS) is 16.1. The average Bonchev–Trinajstić information content (AvgIpc) is 2.55. The van der Waals surface area contributed by atoms with Crippen LogP contribution in [0.2, 0.25) is 5.02 Å². The molecule has 1 heterocycles. The van der Waals surface area contributed by atoms with Gasteiger partial charge >= 0.3 is 0 Å². The molecule has 5 heteroatoms. The molecule has 0 bridgehead atoms. The van der Waals surface area contributed by atoms with E-state index in [1.807, 2.05) is 24.3 Å². The molecule has 0 unspecified atom stereocenters. The van der Waals surface area contributed by atoms with Crippen LogP contribution in [-0.4, -0.2) is 18.6 Å². The Balaban J connectivity index is 1.49. The van der Waals surface area contributed by atoms with E-state index >= 15 is 0 Å². The molecule has 0 spiro atoms. The second-order valence-corrected chi connectivity index (χ2v) is 5.53. The fourth-order valence-electron chi connectivity index (χ4n) is 2.25. The van der Waals surface area contributed by atoms with E-state index < -0.39 is 0 Å². The molecule has 2 aromatic rings. The van der Waals surface area contributed by atoms with Gasteiger partial charge in [0, 0.05) is 17.1 Å². The largest absolute Gasteiger partial charge is 0.486 e. The highest BCUT2D eigenvalue weighted by Gasteiger charge is 2.21. The van der Waals surface area contributed by atoms with E-state index in [4.69, 9.17) is 21.1 Å². The van der Waals surface area contributed by atoms with Gasteiger partial charge in [0.2, 0.25) is 5.91 Å². The third-order valence-electron chi connectivity index (χ3n) is 3.39. The molecular formula is C17H16ClNO3. The van der Waals surface area contributed by atoms with Crippen molar-refractivity contribution in [2.45, 2.75) is 18.9 Å². The van der Waals surface area contributed by atoms with Gasteiger partial charge in [0.1, 0.15) is 12.7 Å². The summed E-state index contributed by atoms with van der Waals surface area (Å²) in [5.74, 6) is 1.44. The van der Waals surface area contributed by atoms with Crippen LogP contribution in [0.4, 0.5) is 5.69 Å². The molecule has 1 aliphatic rings. The smallest absolute Gasteiger partial charge is 0.224 e. The Kier molecular flexibility index (Phi) is 4.49. The lowest BCUT2D eigenvalue weighted by Crippen LogP contribution is -2.30. The van der Waals surface area contributed by atoms with Crippen molar-refractivity contribution in [1.29, 1.82) is 0 Å². The van der Waals surface area contributed by atoms with Crippen molar-refractivity contribution in [2.24, 2.45) is 0 Å². The third-order valence-corrected chi connectivity index (χ3v) is 3.64. The van der Waals surface area contributed by atoms with Crippen LogP contribution in [0.25, 0.3) is 0 Å². The molecule has 0 saturated carbocycles. The fourth-order valence-corrected chi connectivity index (χ4v) is 2.38. The minimum absolute atomic E-state index is 0.0511. The van der Waals surface area contributed by atoms with Crippen LogP contribution < -0.4 is 14.8 Å². The summed E-state index contributed by atoms with van der Waals surface area (Å²) in [5.41, 5.74) is 0.737. The summed E-state index contributed by atoms with van der Waals surface area (Å²) in [6.07, 6.45) is 0.873. The molecule has 0 aromatic heterocycles. The van der Waals surface area contributed by atoms with Gasteiger partial charge in [-0.1, -0.05) is 23.7 Å². The number of fused-ring (bicyclic) bond motifs is 1. The maximum absolute atomic E-state index is 11.9. The van der Waals surface area contributed by atoms with Crippen molar-refractivity contribution in [3.8, 4) is 11.5 Å². The van der Waals surface area contributed by atoms with E-state index in [-0.39, 0.29) is 12.0 Å². The van der Waals surface area contributed by atoms with E-state index in [1.165, 1.54) is 0 Å². The number of para-hydroxylation sites is 2. The van der Waals surface area contributed by atoms with Crippen LogP contribution in [0.15, 0.2) is 48.5 Å². The highest BCUT2D eigenvalue weighted by molar-refractivity contribution is 6.30. The number of amides is 1. The third kappa shape index (κ3) is 3.71. The molecule has 114 valence electrons. The van der Waals surface area contributed by atoms with Crippen LogP contribution in [-0.2, 0) is 4.79 Å². The summed E-state index contributed by atoms with van der Waals surface area (Å²) >= 11 is 5.81. The second kappa shape index (κ2) is 6.71. The zero-order valence-corrected chi connectivity index (χ0v) is 12.7. The zero-order valence-electron chi connectivity index (χ0n) is 11.9. The molecule has 0 saturated heterocycles. The summed E-state index contributed by atoms with van der Waals surface area (Å²) in [4.78, 5) is 11.9. The van der Waals surface area contributed by atoms with Crippen LogP contribution in [0.3, 0.4) is 0 Å². The summed E-state index contributed by atoms with van der Waals surface area (Å²) in [6.45, 7) is 0.464. The van der Waals surface area contributed by atoms with Gasteiger partial charge in [0.15, 0.2) is 11.5 Å². The number of nitrogens with one attached hydrogen (secondary N) is 1. The van der Waals surface area contributed by atoms with Crippen LogP contribution in [0, 0.1) is 0 Å². The summed E-state index contributed by atoms with van der Waals surface area (Å²) < 4.78 is 11.5. The van der Waals surface area contributed by atoms with E-state index in [0.29, 0.717) is 24.5 Å². The van der Waals surface area contributed by atoms with Gasteiger partial charge in [-0.3, -0.25) is 4.79 Å². The Morgan fingerprint density at radius 1 is 1.14 bits per heavy atom. The molecule has 1 atom stereocenters. The van der Waals surface area contributed by atoms with Crippen LogP contribution >= 0.6 is 11.6 Å². The molecule has 1 N–H and O–H groups in total. The van der Waals surface area contributed by atoms with Gasteiger partial charge < -0.3 is 14.8 Å².